The lowest BCUT2D eigenvalue weighted by Crippen LogP contribution is -2.38. The van der Waals surface area contributed by atoms with Crippen molar-refractivity contribution in [1.29, 1.82) is 0 Å². The van der Waals surface area contributed by atoms with E-state index < -0.39 is 29.5 Å². The lowest BCUT2D eigenvalue weighted by molar-refractivity contribution is -0.130. The van der Waals surface area contributed by atoms with Crippen LogP contribution >= 0.6 is 11.3 Å². The number of halogens is 3. The Bertz CT molecular complexity index is 2070. The average molecular weight is 631 g/mol. The lowest BCUT2D eigenvalue weighted by atomic mass is 9.96. The van der Waals surface area contributed by atoms with Crippen LogP contribution in [0, 0.1) is 11.6 Å². The summed E-state index contributed by atoms with van der Waals surface area (Å²) in [4.78, 5) is 35.5. The maximum absolute atomic E-state index is 15.9. The standard InChI is InChI=1S/C32H25F3N6O3S/c1-15(2)44-23-12-19(34)11-22(35)25(23)26-28(30-37-24-14-40(32(43)16(3)33)7-8-41(24)39-30)38-27(21-6-9-45-29(21)26)17-4-5-20-18(10-17)13-36-31(20)42/h4-6,9-12,15H,3,7-8,13-14H2,1-2H3,(H,36,42). The van der Waals surface area contributed by atoms with Crippen molar-refractivity contribution in [1.82, 2.24) is 30.0 Å². The van der Waals surface area contributed by atoms with Crippen molar-refractivity contribution in [3.8, 4) is 39.7 Å². The summed E-state index contributed by atoms with van der Waals surface area (Å²) < 4.78 is 52.3. The largest absolute Gasteiger partial charge is 0.490 e. The van der Waals surface area contributed by atoms with E-state index in [1.165, 1.54) is 16.2 Å². The fourth-order valence-electron chi connectivity index (χ4n) is 5.74. The molecule has 0 atom stereocenters. The number of benzene rings is 2. The maximum atomic E-state index is 15.9. The molecule has 0 spiro atoms. The van der Waals surface area contributed by atoms with E-state index in [1.807, 2.05) is 17.5 Å². The molecule has 0 saturated heterocycles. The highest BCUT2D eigenvalue weighted by molar-refractivity contribution is 7.18. The summed E-state index contributed by atoms with van der Waals surface area (Å²) in [5, 5.41) is 10.1. The maximum Gasteiger partial charge on any atom is 0.282 e. The molecule has 13 heteroatoms. The van der Waals surface area contributed by atoms with Gasteiger partial charge < -0.3 is 15.0 Å². The van der Waals surface area contributed by atoms with E-state index >= 15 is 4.39 Å². The first kappa shape index (κ1) is 28.7. The van der Waals surface area contributed by atoms with Crippen LogP contribution in [0.1, 0.15) is 35.6 Å². The van der Waals surface area contributed by atoms with Crippen molar-refractivity contribution in [3.05, 3.63) is 82.8 Å². The molecule has 0 saturated carbocycles. The van der Waals surface area contributed by atoms with Crippen LogP contribution in [0.4, 0.5) is 13.2 Å². The molecule has 3 aromatic heterocycles. The van der Waals surface area contributed by atoms with Gasteiger partial charge in [-0.15, -0.1) is 16.4 Å². The van der Waals surface area contributed by atoms with Crippen LogP contribution < -0.4 is 10.1 Å². The topological polar surface area (TPSA) is 102 Å². The molecular weight excluding hydrogens is 605 g/mol. The van der Waals surface area contributed by atoms with Gasteiger partial charge in [-0.1, -0.05) is 12.6 Å². The van der Waals surface area contributed by atoms with Crippen LogP contribution in [0.15, 0.2) is 54.2 Å². The molecule has 2 aliphatic rings. The van der Waals surface area contributed by atoms with Gasteiger partial charge in [-0.3, -0.25) is 9.59 Å². The highest BCUT2D eigenvalue weighted by Gasteiger charge is 2.31. The van der Waals surface area contributed by atoms with E-state index in [4.69, 9.17) is 9.72 Å². The summed E-state index contributed by atoms with van der Waals surface area (Å²) in [6, 6.07) is 9.24. The van der Waals surface area contributed by atoms with Gasteiger partial charge in [0.15, 0.2) is 5.83 Å². The van der Waals surface area contributed by atoms with Gasteiger partial charge in [0.05, 0.1) is 30.5 Å². The van der Waals surface area contributed by atoms with Crippen molar-refractivity contribution in [2.75, 3.05) is 6.54 Å². The molecule has 228 valence electrons. The summed E-state index contributed by atoms with van der Waals surface area (Å²) in [6.07, 6.45) is -0.394. The molecule has 5 heterocycles. The number of rotatable bonds is 6. The summed E-state index contributed by atoms with van der Waals surface area (Å²) in [5.41, 5.74) is 3.22. The van der Waals surface area contributed by atoms with Crippen molar-refractivity contribution in [2.24, 2.45) is 0 Å². The number of amides is 2. The predicted octanol–water partition coefficient (Wildman–Crippen LogP) is 6.02. The van der Waals surface area contributed by atoms with Crippen LogP contribution in [0.2, 0.25) is 0 Å². The number of nitrogens with zero attached hydrogens (tertiary/aromatic N) is 5. The van der Waals surface area contributed by atoms with Crippen LogP contribution in [-0.2, 0) is 24.4 Å². The summed E-state index contributed by atoms with van der Waals surface area (Å²) in [6.45, 7) is 7.42. The first-order valence-corrected chi connectivity index (χ1v) is 15.0. The molecule has 9 nitrogen and oxygen atoms in total. The molecule has 0 radical (unpaired) electrons. The summed E-state index contributed by atoms with van der Waals surface area (Å²) >= 11 is 1.35. The highest BCUT2D eigenvalue weighted by Crippen LogP contribution is 2.47. The molecule has 0 unspecified atom stereocenters. The predicted molar refractivity (Wildman–Crippen MR) is 162 cm³/mol. The number of carbonyl (C=O) groups is 2. The highest BCUT2D eigenvalue weighted by atomic mass is 32.1. The van der Waals surface area contributed by atoms with Crippen LogP contribution in [0.3, 0.4) is 0 Å². The van der Waals surface area contributed by atoms with Crippen LogP contribution in [0.5, 0.6) is 5.75 Å². The number of pyridine rings is 1. The quantitative estimate of drug-likeness (QED) is 0.230. The van der Waals surface area contributed by atoms with Gasteiger partial charge >= 0.3 is 0 Å². The molecule has 45 heavy (non-hydrogen) atoms. The zero-order chi connectivity index (χ0) is 31.6. The van der Waals surface area contributed by atoms with E-state index in [9.17, 15) is 18.4 Å². The lowest BCUT2D eigenvalue weighted by Gasteiger charge is -2.25. The van der Waals surface area contributed by atoms with E-state index in [-0.39, 0.29) is 48.4 Å². The molecular formula is C32H25F3N6O3S. The van der Waals surface area contributed by atoms with Gasteiger partial charge in [-0.25, -0.2) is 27.8 Å². The number of nitrogens with one attached hydrogen (secondary N) is 1. The molecule has 2 amide bonds. The van der Waals surface area contributed by atoms with Gasteiger partial charge in [0.1, 0.15) is 28.9 Å². The van der Waals surface area contributed by atoms with Crippen LogP contribution in [-0.4, -0.2) is 49.1 Å². The monoisotopic (exact) mass is 630 g/mol. The van der Waals surface area contributed by atoms with E-state index in [2.05, 4.69) is 22.0 Å². The number of hydrogen-bond donors (Lipinski definition) is 1. The second-order valence-corrected chi connectivity index (χ2v) is 12.0. The van der Waals surface area contributed by atoms with Crippen molar-refractivity contribution >= 4 is 33.2 Å². The van der Waals surface area contributed by atoms with Gasteiger partial charge in [0.2, 0.25) is 5.82 Å². The SMILES string of the molecule is C=C(F)C(=O)N1CCn2nc(-c3nc(-c4ccc5c(c4)CNC5=O)c4ccsc4c3-c3c(F)cc(F)cc3OC(C)C)nc2C1. The van der Waals surface area contributed by atoms with Crippen molar-refractivity contribution < 1.29 is 27.5 Å². The average Bonchev–Trinajstić information content (AvgIpc) is 3.74. The number of fused-ring (bicyclic) bond motifs is 3. The van der Waals surface area contributed by atoms with Crippen molar-refractivity contribution in [3.63, 3.8) is 0 Å². The fourth-order valence-corrected chi connectivity index (χ4v) is 6.69. The third kappa shape index (κ3) is 4.92. The van der Waals surface area contributed by atoms with Gasteiger partial charge in [0, 0.05) is 52.0 Å². The number of thiophene rings is 1. The Morgan fingerprint density at radius 2 is 1.91 bits per heavy atom. The first-order valence-electron chi connectivity index (χ1n) is 14.2. The minimum atomic E-state index is -1.07. The first-order chi connectivity index (χ1) is 21.6. The zero-order valence-corrected chi connectivity index (χ0v) is 25.0. The van der Waals surface area contributed by atoms with Crippen LogP contribution in [0.25, 0.3) is 44.0 Å². The Morgan fingerprint density at radius 1 is 1.09 bits per heavy atom. The number of carbonyl (C=O) groups excluding carboxylic acids is 2. The van der Waals surface area contributed by atoms with Crippen molar-refractivity contribution in [2.45, 2.75) is 39.6 Å². The zero-order valence-electron chi connectivity index (χ0n) is 24.2. The summed E-state index contributed by atoms with van der Waals surface area (Å²) in [5.74, 6) is -3.18. The van der Waals surface area contributed by atoms with Gasteiger partial charge in [-0.2, -0.15) is 0 Å². The molecule has 0 aliphatic carbocycles. The second kappa shape index (κ2) is 10.8. The summed E-state index contributed by atoms with van der Waals surface area (Å²) in [7, 11) is 0. The molecule has 7 rings (SSSR count). The molecule has 0 fully saturated rings. The number of aromatic nitrogens is 4. The third-order valence-electron chi connectivity index (χ3n) is 7.70. The molecule has 2 aromatic carbocycles. The molecule has 5 aromatic rings. The smallest absolute Gasteiger partial charge is 0.282 e. The van der Waals surface area contributed by atoms with Gasteiger partial charge in [-0.05, 0) is 43.0 Å². The molecule has 1 N–H and O–H groups in total. The Morgan fingerprint density at radius 3 is 2.69 bits per heavy atom. The third-order valence-corrected chi connectivity index (χ3v) is 8.63. The minimum absolute atomic E-state index is 0.00248. The Kier molecular flexibility index (Phi) is 6.92. The normalized spacial score (nSPS) is 14.1. The van der Waals surface area contributed by atoms with Gasteiger partial charge in [0.25, 0.3) is 11.8 Å². The Hall–Kier alpha value is -5.04. The van der Waals surface area contributed by atoms with E-state index in [1.54, 1.807) is 30.7 Å². The number of hydrogen-bond acceptors (Lipinski definition) is 7. The number of ether oxygens (including phenoxy) is 1. The molecule has 0 bridgehead atoms. The van der Waals surface area contributed by atoms with E-state index in [0.29, 0.717) is 39.3 Å². The fraction of sp³-hybridized carbons (Fsp3) is 0.219. The Balaban J connectivity index is 1.49. The second-order valence-electron chi connectivity index (χ2n) is 11.0. The Labute approximate surface area is 259 Å². The minimum Gasteiger partial charge on any atom is -0.490 e. The molecule has 2 aliphatic heterocycles. The van der Waals surface area contributed by atoms with E-state index in [0.717, 1.165) is 23.3 Å².